The van der Waals surface area contributed by atoms with Crippen molar-refractivity contribution in [3.8, 4) is 11.5 Å². The molecule has 0 unspecified atom stereocenters. The lowest BCUT2D eigenvalue weighted by molar-refractivity contribution is -0.119. The second-order valence-electron chi connectivity index (χ2n) is 4.49. The maximum Gasteiger partial charge on any atom is 0.342 e. The lowest BCUT2D eigenvalue weighted by Gasteiger charge is -2.10. The molecule has 23 heavy (non-hydrogen) atoms. The number of aromatic hydroxyl groups is 1. The monoisotopic (exact) mass is 335 g/mol. The third kappa shape index (κ3) is 4.37. The Bertz CT molecular complexity index is 732. The number of amides is 1. The number of phenolic OH excluding ortho intramolecular Hbond substituents is 1. The first kappa shape index (κ1) is 16.6. The fraction of sp³-hybridized carbons (Fsp3) is 0.125. The van der Waals surface area contributed by atoms with Gasteiger partial charge in [-0.3, -0.25) is 4.79 Å². The molecule has 0 aliphatic rings. The molecule has 0 saturated carbocycles. The van der Waals surface area contributed by atoms with Crippen molar-refractivity contribution in [1.29, 1.82) is 0 Å². The molecule has 2 rings (SSSR count). The van der Waals surface area contributed by atoms with Crippen LogP contribution in [0.15, 0.2) is 42.5 Å². The van der Waals surface area contributed by atoms with Gasteiger partial charge in [0.25, 0.3) is 5.91 Å². The summed E-state index contributed by atoms with van der Waals surface area (Å²) in [5.41, 5.74) is 0.351. The summed E-state index contributed by atoms with van der Waals surface area (Å²) >= 11 is 5.75. The van der Waals surface area contributed by atoms with E-state index in [0.717, 1.165) is 0 Å². The maximum atomic E-state index is 11.9. The molecule has 0 heterocycles. The van der Waals surface area contributed by atoms with Crippen molar-refractivity contribution in [2.45, 2.75) is 0 Å². The lowest BCUT2D eigenvalue weighted by atomic mass is 10.2. The van der Waals surface area contributed by atoms with E-state index in [9.17, 15) is 14.7 Å². The lowest BCUT2D eigenvalue weighted by Crippen LogP contribution is -2.21. The predicted molar refractivity (Wildman–Crippen MR) is 85.0 cm³/mol. The molecule has 6 nitrogen and oxygen atoms in total. The van der Waals surface area contributed by atoms with Gasteiger partial charge >= 0.3 is 5.97 Å². The molecule has 2 aromatic carbocycles. The zero-order chi connectivity index (χ0) is 16.8. The van der Waals surface area contributed by atoms with Crippen LogP contribution in [0.5, 0.6) is 11.5 Å². The van der Waals surface area contributed by atoms with Crippen molar-refractivity contribution < 1.29 is 24.2 Å². The molecule has 0 saturated heterocycles. The van der Waals surface area contributed by atoms with Crippen LogP contribution >= 0.6 is 11.6 Å². The highest BCUT2D eigenvalue weighted by Crippen LogP contribution is 2.23. The molecule has 0 bridgehead atoms. The highest BCUT2D eigenvalue weighted by Gasteiger charge is 2.15. The van der Waals surface area contributed by atoms with Crippen molar-refractivity contribution >= 4 is 29.2 Å². The molecular weight excluding hydrogens is 322 g/mol. The van der Waals surface area contributed by atoms with Gasteiger partial charge in [0.1, 0.15) is 17.1 Å². The largest absolute Gasteiger partial charge is 0.507 e. The summed E-state index contributed by atoms with van der Waals surface area (Å²) in [7, 11) is 1.48. The average Bonchev–Trinajstić information content (AvgIpc) is 2.55. The Morgan fingerprint density at radius 2 is 1.96 bits per heavy atom. The van der Waals surface area contributed by atoms with Crippen molar-refractivity contribution in [2.75, 3.05) is 19.0 Å². The molecule has 0 radical (unpaired) electrons. The zero-order valence-electron chi connectivity index (χ0n) is 12.2. The van der Waals surface area contributed by atoms with Crippen LogP contribution in [0.3, 0.4) is 0 Å². The minimum Gasteiger partial charge on any atom is -0.507 e. The van der Waals surface area contributed by atoms with Gasteiger partial charge in [-0.15, -0.1) is 0 Å². The van der Waals surface area contributed by atoms with Crippen LogP contribution < -0.4 is 10.1 Å². The van der Waals surface area contributed by atoms with E-state index >= 15 is 0 Å². The predicted octanol–water partition coefficient (Wildman–Crippen LogP) is 2.85. The third-order valence-electron chi connectivity index (χ3n) is 2.89. The van der Waals surface area contributed by atoms with E-state index in [-0.39, 0.29) is 16.3 Å². The second kappa shape index (κ2) is 7.51. The van der Waals surface area contributed by atoms with Gasteiger partial charge < -0.3 is 19.9 Å². The molecule has 0 aromatic heterocycles. The summed E-state index contributed by atoms with van der Waals surface area (Å²) in [5, 5.41) is 12.4. The Morgan fingerprint density at radius 1 is 1.22 bits per heavy atom. The Balaban J connectivity index is 1.96. The Morgan fingerprint density at radius 3 is 2.70 bits per heavy atom. The molecule has 0 atom stereocenters. The third-order valence-corrected chi connectivity index (χ3v) is 3.13. The number of ether oxygens (including phenoxy) is 2. The number of carbonyl (C=O) groups is 2. The first-order chi connectivity index (χ1) is 11.0. The van der Waals surface area contributed by atoms with Gasteiger partial charge in [0.05, 0.1) is 12.8 Å². The fourth-order valence-corrected chi connectivity index (χ4v) is 1.99. The van der Waals surface area contributed by atoms with Crippen molar-refractivity contribution in [3.63, 3.8) is 0 Å². The van der Waals surface area contributed by atoms with Crippen molar-refractivity contribution in [1.82, 2.24) is 0 Å². The molecule has 2 aromatic rings. The second-order valence-corrected chi connectivity index (χ2v) is 4.92. The van der Waals surface area contributed by atoms with Crippen molar-refractivity contribution in [2.24, 2.45) is 0 Å². The number of anilines is 1. The summed E-state index contributed by atoms with van der Waals surface area (Å²) < 4.78 is 9.96. The summed E-state index contributed by atoms with van der Waals surface area (Å²) in [6.45, 7) is -0.511. The summed E-state index contributed by atoms with van der Waals surface area (Å²) in [5.74, 6) is -1.17. The first-order valence-corrected chi connectivity index (χ1v) is 6.97. The van der Waals surface area contributed by atoms with Gasteiger partial charge in [-0.2, -0.15) is 0 Å². The van der Waals surface area contributed by atoms with Crippen LogP contribution in [0.4, 0.5) is 5.69 Å². The molecular formula is C16H14ClNO5. The summed E-state index contributed by atoms with van der Waals surface area (Å²) in [4.78, 5) is 23.7. The first-order valence-electron chi connectivity index (χ1n) is 6.59. The van der Waals surface area contributed by atoms with Gasteiger partial charge in [-0.25, -0.2) is 4.79 Å². The topological polar surface area (TPSA) is 84.9 Å². The Hall–Kier alpha value is -2.73. The van der Waals surface area contributed by atoms with Gasteiger partial charge in [0, 0.05) is 5.02 Å². The number of rotatable bonds is 5. The van der Waals surface area contributed by atoms with E-state index in [1.165, 1.54) is 25.3 Å². The Labute approximate surface area is 137 Å². The van der Waals surface area contributed by atoms with Crippen LogP contribution in [0.1, 0.15) is 10.4 Å². The summed E-state index contributed by atoms with van der Waals surface area (Å²) in [6.07, 6.45) is 0. The van der Waals surface area contributed by atoms with E-state index in [1.54, 1.807) is 24.3 Å². The van der Waals surface area contributed by atoms with Crippen LogP contribution in [-0.2, 0) is 9.53 Å². The zero-order valence-corrected chi connectivity index (χ0v) is 13.0. The van der Waals surface area contributed by atoms with Gasteiger partial charge in [-0.05, 0) is 30.3 Å². The minimum absolute atomic E-state index is 0.109. The van der Waals surface area contributed by atoms with Gasteiger partial charge in [-0.1, -0.05) is 23.7 Å². The van der Waals surface area contributed by atoms with E-state index in [4.69, 9.17) is 21.1 Å². The van der Waals surface area contributed by atoms with E-state index in [0.29, 0.717) is 11.4 Å². The van der Waals surface area contributed by atoms with Gasteiger partial charge in [0.15, 0.2) is 6.61 Å². The van der Waals surface area contributed by atoms with Crippen molar-refractivity contribution in [3.05, 3.63) is 53.1 Å². The quantitative estimate of drug-likeness (QED) is 0.821. The molecule has 0 fully saturated rings. The van der Waals surface area contributed by atoms with Crippen LogP contribution in [-0.4, -0.2) is 30.7 Å². The molecule has 0 aliphatic heterocycles. The Kier molecular flexibility index (Phi) is 5.43. The number of phenols is 1. The van der Waals surface area contributed by atoms with Crippen LogP contribution in [0.25, 0.3) is 0 Å². The number of methoxy groups -OCH3 is 1. The average molecular weight is 336 g/mol. The number of carbonyl (C=O) groups excluding carboxylic acids is 2. The number of hydrogen-bond acceptors (Lipinski definition) is 5. The molecule has 0 spiro atoms. The fourth-order valence-electron chi connectivity index (χ4n) is 1.81. The number of halogens is 1. The van der Waals surface area contributed by atoms with Crippen LogP contribution in [0, 0.1) is 0 Å². The molecule has 2 N–H and O–H groups in total. The normalized spacial score (nSPS) is 10.0. The van der Waals surface area contributed by atoms with Gasteiger partial charge in [0.2, 0.25) is 0 Å². The SMILES string of the molecule is COc1ccccc1NC(=O)COC(=O)c1cc(Cl)ccc1O. The van der Waals surface area contributed by atoms with Crippen LogP contribution in [0.2, 0.25) is 5.02 Å². The highest BCUT2D eigenvalue weighted by molar-refractivity contribution is 6.31. The standard InChI is InChI=1S/C16H14ClNO5/c1-22-14-5-3-2-4-12(14)18-15(20)9-23-16(21)11-8-10(17)6-7-13(11)19/h2-8,19H,9H2,1H3,(H,18,20). The van der Waals surface area contributed by atoms with E-state index in [1.807, 2.05) is 0 Å². The van der Waals surface area contributed by atoms with E-state index < -0.39 is 18.5 Å². The number of esters is 1. The van der Waals surface area contributed by atoms with E-state index in [2.05, 4.69) is 5.32 Å². The highest BCUT2D eigenvalue weighted by atomic mass is 35.5. The number of benzene rings is 2. The molecule has 0 aliphatic carbocycles. The molecule has 120 valence electrons. The maximum absolute atomic E-state index is 11.9. The summed E-state index contributed by atoms with van der Waals surface area (Å²) in [6, 6.07) is 10.8. The number of hydrogen-bond donors (Lipinski definition) is 2. The minimum atomic E-state index is -0.847. The molecule has 1 amide bonds. The molecule has 7 heteroatoms. The number of nitrogens with one attached hydrogen (secondary N) is 1. The smallest absolute Gasteiger partial charge is 0.342 e. The number of para-hydroxylation sites is 2.